The van der Waals surface area contributed by atoms with Crippen LogP contribution in [0.1, 0.15) is 51.5 Å². The Labute approximate surface area is 173 Å². The average Bonchev–Trinajstić information content (AvgIpc) is 3.23. The number of benzene rings is 2. The summed E-state index contributed by atoms with van der Waals surface area (Å²) in [7, 11) is 0. The molecule has 0 spiro atoms. The third kappa shape index (κ3) is 6.41. The second-order valence-corrected chi connectivity index (χ2v) is 7.24. The average molecular weight is 398 g/mol. The van der Waals surface area contributed by atoms with Crippen molar-refractivity contribution in [1.82, 2.24) is 0 Å². The smallest absolute Gasteiger partial charge is 0.224 e. The molecule has 0 heterocycles. The fraction of sp³-hybridized carbons (Fsp3) is 0.458. The van der Waals surface area contributed by atoms with Crippen molar-refractivity contribution in [1.29, 1.82) is 0 Å². The highest BCUT2D eigenvalue weighted by Crippen LogP contribution is 2.29. The fourth-order valence-electron chi connectivity index (χ4n) is 3.55. The molecule has 5 nitrogen and oxygen atoms in total. The van der Waals surface area contributed by atoms with Gasteiger partial charge in [-0.05, 0) is 87.9 Å². The molecule has 1 saturated carbocycles. The first-order chi connectivity index (χ1) is 14.2. The molecule has 0 radical (unpaired) electrons. The van der Waals surface area contributed by atoms with Crippen LogP contribution >= 0.6 is 0 Å². The number of carbonyl (C=O) groups is 1. The van der Waals surface area contributed by atoms with Crippen molar-refractivity contribution in [3.8, 4) is 17.2 Å². The molecule has 0 aliphatic heterocycles. The zero-order valence-electron chi connectivity index (χ0n) is 17.4. The molecule has 3 rings (SSSR count). The largest absolute Gasteiger partial charge is 0.490 e. The zero-order chi connectivity index (χ0) is 20.5. The molecule has 5 heteroatoms. The summed E-state index contributed by atoms with van der Waals surface area (Å²) in [6, 6.07) is 13.5. The van der Waals surface area contributed by atoms with Crippen LogP contribution in [0.25, 0.3) is 0 Å². The van der Waals surface area contributed by atoms with Crippen LogP contribution in [0.15, 0.2) is 42.5 Å². The van der Waals surface area contributed by atoms with Gasteiger partial charge in [-0.15, -0.1) is 0 Å². The van der Waals surface area contributed by atoms with E-state index >= 15 is 0 Å². The maximum Gasteiger partial charge on any atom is 0.224 e. The fourth-order valence-corrected chi connectivity index (χ4v) is 3.55. The lowest BCUT2D eigenvalue weighted by atomic mass is 10.1. The molecule has 1 aliphatic carbocycles. The first-order valence-corrected chi connectivity index (χ1v) is 10.6. The normalized spacial score (nSPS) is 13.9. The number of hydrogen-bond acceptors (Lipinski definition) is 4. The van der Waals surface area contributed by atoms with Crippen molar-refractivity contribution in [2.24, 2.45) is 0 Å². The second-order valence-electron chi connectivity index (χ2n) is 7.24. The third-order valence-corrected chi connectivity index (χ3v) is 4.99. The molecule has 1 fully saturated rings. The molecular formula is C24H31NO4. The maximum absolute atomic E-state index is 12.3. The minimum Gasteiger partial charge on any atom is -0.490 e. The summed E-state index contributed by atoms with van der Waals surface area (Å²) in [5.74, 6) is 2.32. The van der Waals surface area contributed by atoms with Gasteiger partial charge in [0.15, 0.2) is 11.5 Å². The van der Waals surface area contributed by atoms with E-state index in [-0.39, 0.29) is 5.91 Å². The molecule has 0 atom stereocenters. The number of amides is 1. The molecule has 1 aliphatic rings. The summed E-state index contributed by atoms with van der Waals surface area (Å²) in [6.07, 6.45) is 6.15. The summed E-state index contributed by atoms with van der Waals surface area (Å²) in [5.41, 5.74) is 1.84. The molecule has 156 valence electrons. The van der Waals surface area contributed by atoms with Crippen LogP contribution < -0.4 is 19.5 Å². The Morgan fingerprint density at radius 3 is 2.34 bits per heavy atom. The van der Waals surface area contributed by atoms with E-state index in [0.717, 1.165) is 41.3 Å². The molecule has 29 heavy (non-hydrogen) atoms. The van der Waals surface area contributed by atoms with Gasteiger partial charge in [0, 0.05) is 12.1 Å². The van der Waals surface area contributed by atoms with Crippen molar-refractivity contribution in [3.63, 3.8) is 0 Å². The number of hydrogen-bond donors (Lipinski definition) is 1. The van der Waals surface area contributed by atoms with Crippen LogP contribution in [0.3, 0.4) is 0 Å². The molecule has 0 aromatic heterocycles. The van der Waals surface area contributed by atoms with Gasteiger partial charge < -0.3 is 19.5 Å². The minimum absolute atomic E-state index is 0.0127. The van der Waals surface area contributed by atoms with Crippen molar-refractivity contribution in [2.45, 2.75) is 58.5 Å². The Bertz CT molecular complexity index is 782. The van der Waals surface area contributed by atoms with Crippen molar-refractivity contribution in [2.75, 3.05) is 18.5 Å². The SMILES string of the molecule is CCOc1ccc(CCC(=O)Nc2ccc(OC3CCCC3)cc2)cc1OCC. The van der Waals surface area contributed by atoms with Crippen LogP contribution in [0.5, 0.6) is 17.2 Å². The second kappa shape index (κ2) is 10.7. The lowest BCUT2D eigenvalue weighted by Gasteiger charge is -2.14. The van der Waals surface area contributed by atoms with Crippen LogP contribution in [0, 0.1) is 0 Å². The molecule has 2 aromatic rings. The van der Waals surface area contributed by atoms with E-state index in [1.54, 1.807) is 0 Å². The predicted molar refractivity (Wildman–Crippen MR) is 115 cm³/mol. The predicted octanol–water partition coefficient (Wildman–Crippen LogP) is 5.38. The number of aryl methyl sites for hydroxylation is 1. The summed E-state index contributed by atoms with van der Waals surface area (Å²) >= 11 is 0. The molecule has 1 N–H and O–H groups in total. The van der Waals surface area contributed by atoms with Gasteiger partial charge in [-0.1, -0.05) is 6.07 Å². The minimum atomic E-state index is -0.0127. The number of anilines is 1. The van der Waals surface area contributed by atoms with Crippen molar-refractivity contribution in [3.05, 3.63) is 48.0 Å². The van der Waals surface area contributed by atoms with Crippen molar-refractivity contribution < 1.29 is 19.0 Å². The van der Waals surface area contributed by atoms with Gasteiger partial charge >= 0.3 is 0 Å². The van der Waals surface area contributed by atoms with E-state index in [0.29, 0.717) is 32.2 Å². The Morgan fingerprint density at radius 2 is 1.66 bits per heavy atom. The van der Waals surface area contributed by atoms with E-state index in [1.807, 2.05) is 56.3 Å². The zero-order valence-corrected chi connectivity index (χ0v) is 17.4. The van der Waals surface area contributed by atoms with Gasteiger partial charge in [-0.25, -0.2) is 0 Å². The number of nitrogens with one attached hydrogen (secondary N) is 1. The van der Waals surface area contributed by atoms with Crippen LogP contribution in [-0.2, 0) is 11.2 Å². The van der Waals surface area contributed by atoms with Crippen LogP contribution in [-0.4, -0.2) is 25.2 Å². The number of ether oxygens (including phenoxy) is 3. The van der Waals surface area contributed by atoms with Gasteiger partial charge in [0.1, 0.15) is 5.75 Å². The molecule has 0 bridgehead atoms. The lowest BCUT2D eigenvalue weighted by molar-refractivity contribution is -0.116. The van der Waals surface area contributed by atoms with Gasteiger partial charge in [0.05, 0.1) is 19.3 Å². The highest BCUT2D eigenvalue weighted by molar-refractivity contribution is 5.90. The van der Waals surface area contributed by atoms with E-state index < -0.39 is 0 Å². The number of carbonyl (C=O) groups excluding carboxylic acids is 1. The highest BCUT2D eigenvalue weighted by atomic mass is 16.5. The summed E-state index contributed by atoms with van der Waals surface area (Å²) in [6.45, 7) is 5.05. The van der Waals surface area contributed by atoms with E-state index in [1.165, 1.54) is 12.8 Å². The van der Waals surface area contributed by atoms with Crippen molar-refractivity contribution >= 4 is 11.6 Å². The quantitative estimate of drug-likeness (QED) is 0.585. The topological polar surface area (TPSA) is 56.8 Å². The first kappa shape index (κ1) is 21.0. The van der Waals surface area contributed by atoms with Gasteiger partial charge in [0.2, 0.25) is 5.91 Å². The molecule has 2 aromatic carbocycles. The summed E-state index contributed by atoms with van der Waals surface area (Å²) < 4.78 is 17.2. The first-order valence-electron chi connectivity index (χ1n) is 10.6. The van der Waals surface area contributed by atoms with Crippen LogP contribution in [0.4, 0.5) is 5.69 Å². The Morgan fingerprint density at radius 1 is 0.966 bits per heavy atom. The maximum atomic E-state index is 12.3. The Hall–Kier alpha value is -2.69. The van der Waals surface area contributed by atoms with E-state index in [9.17, 15) is 4.79 Å². The molecular weight excluding hydrogens is 366 g/mol. The summed E-state index contributed by atoms with van der Waals surface area (Å²) in [5, 5.41) is 2.95. The van der Waals surface area contributed by atoms with Gasteiger partial charge in [0.25, 0.3) is 0 Å². The van der Waals surface area contributed by atoms with Gasteiger partial charge in [-0.2, -0.15) is 0 Å². The highest BCUT2D eigenvalue weighted by Gasteiger charge is 2.16. The molecule has 1 amide bonds. The Kier molecular flexibility index (Phi) is 7.79. The molecule has 0 saturated heterocycles. The lowest BCUT2D eigenvalue weighted by Crippen LogP contribution is -2.13. The van der Waals surface area contributed by atoms with E-state index in [4.69, 9.17) is 14.2 Å². The van der Waals surface area contributed by atoms with E-state index in [2.05, 4.69) is 5.32 Å². The molecule has 0 unspecified atom stereocenters. The summed E-state index contributed by atoms with van der Waals surface area (Å²) in [4.78, 5) is 12.3. The number of rotatable bonds is 10. The van der Waals surface area contributed by atoms with Crippen LogP contribution in [0.2, 0.25) is 0 Å². The third-order valence-electron chi connectivity index (χ3n) is 4.99. The monoisotopic (exact) mass is 397 g/mol. The Balaban J connectivity index is 1.49. The van der Waals surface area contributed by atoms with Gasteiger partial charge in [-0.3, -0.25) is 4.79 Å². The standard InChI is InChI=1S/C24H31NO4/c1-3-27-22-15-9-18(17-23(22)28-4-2)10-16-24(26)25-19-11-13-21(14-12-19)29-20-7-5-6-8-20/h9,11-15,17,20H,3-8,10,16H2,1-2H3,(H,25,26).